The number of aromatic nitrogens is 2. The van der Waals surface area contributed by atoms with Crippen LogP contribution in [0.2, 0.25) is 0 Å². The molecule has 0 aliphatic carbocycles. The number of methoxy groups -OCH3 is 1. The minimum Gasteiger partial charge on any atom is -0.497 e. The van der Waals surface area contributed by atoms with E-state index in [1.54, 1.807) is 18.4 Å². The first-order chi connectivity index (χ1) is 8.29. The van der Waals surface area contributed by atoms with Gasteiger partial charge in [-0.05, 0) is 30.7 Å². The largest absolute Gasteiger partial charge is 0.497 e. The molecule has 0 saturated carbocycles. The second kappa shape index (κ2) is 3.89. The highest BCUT2D eigenvalue weighted by molar-refractivity contribution is 7.15. The highest BCUT2D eigenvalue weighted by Crippen LogP contribution is 2.30. The van der Waals surface area contributed by atoms with E-state index in [1.807, 2.05) is 18.5 Å². The standard InChI is InChI=1S/C13H12N2OS/c1-9-7-10(16-2)3-4-11(9)12-8-17-13-14-5-6-15(12)13/h3-8H,1-2H3. The van der Waals surface area contributed by atoms with Crippen molar-refractivity contribution in [2.75, 3.05) is 7.11 Å². The van der Waals surface area contributed by atoms with Gasteiger partial charge in [-0.3, -0.25) is 4.40 Å². The highest BCUT2D eigenvalue weighted by Gasteiger charge is 2.09. The Bertz CT molecular complexity index is 669. The zero-order valence-electron chi connectivity index (χ0n) is 9.68. The zero-order valence-corrected chi connectivity index (χ0v) is 10.5. The number of imidazole rings is 1. The maximum Gasteiger partial charge on any atom is 0.194 e. The topological polar surface area (TPSA) is 26.5 Å². The molecule has 2 aromatic heterocycles. The van der Waals surface area contributed by atoms with Gasteiger partial charge < -0.3 is 4.74 Å². The van der Waals surface area contributed by atoms with Crippen molar-refractivity contribution >= 4 is 16.3 Å². The van der Waals surface area contributed by atoms with E-state index in [9.17, 15) is 0 Å². The average Bonchev–Trinajstić information content (AvgIpc) is 2.91. The summed E-state index contributed by atoms with van der Waals surface area (Å²) in [6.45, 7) is 2.10. The molecule has 0 unspecified atom stereocenters. The molecule has 0 bridgehead atoms. The van der Waals surface area contributed by atoms with Crippen molar-refractivity contribution in [2.24, 2.45) is 0 Å². The molecule has 0 fully saturated rings. The number of thiazole rings is 1. The molecule has 1 aromatic carbocycles. The Morgan fingerprint density at radius 1 is 1.35 bits per heavy atom. The molecule has 86 valence electrons. The Balaban J connectivity index is 2.19. The van der Waals surface area contributed by atoms with Crippen molar-refractivity contribution in [1.29, 1.82) is 0 Å². The maximum atomic E-state index is 5.22. The minimum absolute atomic E-state index is 0.892. The Kier molecular flexibility index (Phi) is 2.37. The fourth-order valence-electron chi connectivity index (χ4n) is 1.97. The zero-order chi connectivity index (χ0) is 11.8. The second-order valence-corrected chi connectivity index (χ2v) is 4.72. The van der Waals surface area contributed by atoms with Gasteiger partial charge >= 0.3 is 0 Å². The summed E-state index contributed by atoms with van der Waals surface area (Å²) in [4.78, 5) is 5.31. The van der Waals surface area contributed by atoms with E-state index in [1.165, 1.54) is 16.8 Å². The van der Waals surface area contributed by atoms with Gasteiger partial charge in [0.1, 0.15) is 5.75 Å². The van der Waals surface area contributed by atoms with Crippen LogP contribution in [0.4, 0.5) is 0 Å². The number of fused-ring (bicyclic) bond motifs is 1. The third-order valence-corrected chi connectivity index (χ3v) is 3.71. The van der Waals surface area contributed by atoms with Gasteiger partial charge in [-0.25, -0.2) is 4.98 Å². The molecule has 4 heteroatoms. The van der Waals surface area contributed by atoms with Crippen LogP contribution in [-0.2, 0) is 0 Å². The van der Waals surface area contributed by atoms with E-state index in [2.05, 4.69) is 33.8 Å². The lowest BCUT2D eigenvalue weighted by atomic mass is 10.1. The maximum absolute atomic E-state index is 5.22. The first-order valence-corrected chi connectivity index (χ1v) is 6.23. The van der Waals surface area contributed by atoms with Gasteiger partial charge in [0.05, 0.1) is 12.8 Å². The number of hydrogen-bond acceptors (Lipinski definition) is 3. The van der Waals surface area contributed by atoms with E-state index >= 15 is 0 Å². The van der Waals surface area contributed by atoms with Crippen molar-refractivity contribution in [3.63, 3.8) is 0 Å². The first kappa shape index (κ1) is 10.4. The molecule has 3 nitrogen and oxygen atoms in total. The first-order valence-electron chi connectivity index (χ1n) is 5.35. The second-order valence-electron chi connectivity index (χ2n) is 3.88. The SMILES string of the molecule is COc1ccc(-c2csc3nccn23)c(C)c1. The summed E-state index contributed by atoms with van der Waals surface area (Å²) in [7, 11) is 1.69. The molecule has 0 radical (unpaired) electrons. The van der Waals surface area contributed by atoms with E-state index in [0.29, 0.717) is 0 Å². The van der Waals surface area contributed by atoms with Crippen LogP contribution in [0.15, 0.2) is 36.0 Å². The predicted octanol–water partition coefficient (Wildman–Crippen LogP) is 3.38. The number of nitrogens with zero attached hydrogens (tertiary/aromatic N) is 2. The Morgan fingerprint density at radius 2 is 2.24 bits per heavy atom. The lowest BCUT2D eigenvalue weighted by molar-refractivity contribution is 0.414. The fourth-order valence-corrected chi connectivity index (χ4v) is 2.82. The van der Waals surface area contributed by atoms with Gasteiger partial charge in [-0.2, -0.15) is 0 Å². The molecular formula is C13H12N2OS. The Morgan fingerprint density at radius 3 is 3.00 bits per heavy atom. The van der Waals surface area contributed by atoms with E-state index in [-0.39, 0.29) is 0 Å². The molecule has 0 atom stereocenters. The molecule has 0 N–H and O–H groups in total. The molecule has 0 amide bonds. The van der Waals surface area contributed by atoms with Crippen LogP contribution >= 0.6 is 11.3 Å². The van der Waals surface area contributed by atoms with Gasteiger partial charge in [0.25, 0.3) is 0 Å². The molecule has 3 aromatic rings. The average molecular weight is 244 g/mol. The van der Waals surface area contributed by atoms with Crippen molar-refractivity contribution in [3.05, 3.63) is 41.5 Å². The number of aryl methyl sites for hydroxylation is 1. The Labute approximate surface area is 103 Å². The fraction of sp³-hybridized carbons (Fsp3) is 0.154. The number of hydrogen-bond donors (Lipinski definition) is 0. The lowest BCUT2D eigenvalue weighted by Crippen LogP contribution is -1.89. The van der Waals surface area contributed by atoms with Crippen molar-refractivity contribution < 1.29 is 4.74 Å². The summed E-state index contributed by atoms with van der Waals surface area (Å²) in [5.74, 6) is 0.892. The number of benzene rings is 1. The normalized spacial score (nSPS) is 10.9. The molecule has 0 spiro atoms. The Hall–Kier alpha value is -1.81. The third-order valence-electron chi connectivity index (χ3n) is 2.85. The van der Waals surface area contributed by atoms with Crippen LogP contribution in [0, 0.1) is 6.92 Å². The molecular weight excluding hydrogens is 232 g/mol. The molecule has 0 saturated heterocycles. The van der Waals surface area contributed by atoms with Crippen molar-refractivity contribution in [2.45, 2.75) is 6.92 Å². The van der Waals surface area contributed by atoms with Gasteiger partial charge in [0.2, 0.25) is 0 Å². The molecule has 3 rings (SSSR count). The summed E-state index contributed by atoms with van der Waals surface area (Å²) in [5, 5.41) is 2.14. The van der Waals surface area contributed by atoms with Crippen LogP contribution in [0.5, 0.6) is 5.75 Å². The van der Waals surface area contributed by atoms with Crippen molar-refractivity contribution in [3.8, 4) is 17.0 Å². The molecule has 2 heterocycles. The number of ether oxygens (including phenoxy) is 1. The molecule has 0 aliphatic rings. The summed E-state index contributed by atoms with van der Waals surface area (Å²) in [6.07, 6.45) is 3.82. The third kappa shape index (κ3) is 1.61. The monoisotopic (exact) mass is 244 g/mol. The highest BCUT2D eigenvalue weighted by atomic mass is 32.1. The minimum atomic E-state index is 0.892. The summed E-state index contributed by atoms with van der Waals surface area (Å²) in [6, 6.07) is 6.13. The van der Waals surface area contributed by atoms with Crippen LogP contribution < -0.4 is 4.74 Å². The van der Waals surface area contributed by atoms with Crippen LogP contribution in [0.3, 0.4) is 0 Å². The van der Waals surface area contributed by atoms with Crippen LogP contribution in [-0.4, -0.2) is 16.5 Å². The summed E-state index contributed by atoms with van der Waals surface area (Å²) >= 11 is 1.65. The van der Waals surface area contributed by atoms with Crippen molar-refractivity contribution in [1.82, 2.24) is 9.38 Å². The van der Waals surface area contributed by atoms with Gasteiger partial charge in [0, 0.05) is 23.3 Å². The number of rotatable bonds is 2. The smallest absolute Gasteiger partial charge is 0.194 e. The van der Waals surface area contributed by atoms with E-state index in [4.69, 9.17) is 4.74 Å². The van der Waals surface area contributed by atoms with Gasteiger partial charge in [0.15, 0.2) is 4.96 Å². The summed E-state index contributed by atoms with van der Waals surface area (Å²) in [5.41, 5.74) is 3.61. The quantitative estimate of drug-likeness (QED) is 0.691. The van der Waals surface area contributed by atoms with E-state index in [0.717, 1.165) is 10.7 Å². The van der Waals surface area contributed by atoms with Crippen LogP contribution in [0.25, 0.3) is 16.2 Å². The van der Waals surface area contributed by atoms with E-state index < -0.39 is 0 Å². The van der Waals surface area contributed by atoms with Crippen LogP contribution in [0.1, 0.15) is 5.56 Å². The van der Waals surface area contributed by atoms with Gasteiger partial charge in [-0.1, -0.05) is 0 Å². The molecule has 17 heavy (non-hydrogen) atoms. The molecule has 0 aliphatic heterocycles. The van der Waals surface area contributed by atoms with Gasteiger partial charge in [-0.15, -0.1) is 11.3 Å². The predicted molar refractivity (Wildman–Crippen MR) is 69.8 cm³/mol. The summed E-state index contributed by atoms with van der Waals surface area (Å²) < 4.78 is 7.33. The lowest BCUT2D eigenvalue weighted by Gasteiger charge is -2.07.